The highest BCUT2D eigenvalue weighted by Crippen LogP contribution is 2.25. The van der Waals surface area contributed by atoms with Crippen LogP contribution in [0.25, 0.3) is 0 Å². The van der Waals surface area contributed by atoms with Gasteiger partial charge in [-0.25, -0.2) is 4.39 Å². The van der Waals surface area contributed by atoms with E-state index in [4.69, 9.17) is 10.5 Å². The molecule has 3 N–H and O–H groups in total. The van der Waals surface area contributed by atoms with Gasteiger partial charge in [0.05, 0.1) is 19.3 Å². The second kappa shape index (κ2) is 5.27. The number of hydrogen-bond acceptors (Lipinski definition) is 3. The third kappa shape index (κ3) is 2.71. The molecule has 0 amide bonds. The number of ether oxygens (including phenoxy) is 1. The molecule has 0 aliphatic heterocycles. The van der Waals surface area contributed by atoms with Gasteiger partial charge in [0.2, 0.25) is 0 Å². The van der Waals surface area contributed by atoms with Crippen LogP contribution in [0.1, 0.15) is 25.5 Å². The number of aliphatic hydroxyl groups is 1. The van der Waals surface area contributed by atoms with E-state index in [1.54, 1.807) is 0 Å². The fourth-order valence-corrected chi connectivity index (χ4v) is 1.50. The summed E-state index contributed by atoms with van der Waals surface area (Å²) < 4.78 is 18.5. The Morgan fingerprint density at radius 1 is 1.38 bits per heavy atom. The average Bonchev–Trinajstić information content (AvgIpc) is 2.27. The maximum absolute atomic E-state index is 13.5. The van der Waals surface area contributed by atoms with Gasteiger partial charge in [0.1, 0.15) is 11.6 Å². The number of nitrogens with two attached hydrogens (primary N) is 1. The van der Waals surface area contributed by atoms with Crippen LogP contribution >= 0.6 is 0 Å². The number of halogens is 1. The number of methoxy groups -OCH3 is 1. The van der Waals surface area contributed by atoms with Gasteiger partial charge in [0.15, 0.2) is 0 Å². The molecule has 1 aromatic rings. The molecule has 0 aliphatic rings. The lowest BCUT2D eigenvalue weighted by molar-refractivity contribution is 0.0965. The Kier molecular flexibility index (Phi) is 4.26. The highest BCUT2D eigenvalue weighted by Gasteiger charge is 2.23. The molecule has 0 saturated carbocycles. The molecule has 0 bridgehead atoms. The zero-order valence-corrected chi connectivity index (χ0v) is 9.77. The summed E-state index contributed by atoms with van der Waals surface area (Å²) in [6.07, 6.45) is -0.776. The van der Waals surface area contributed by atoms with Crippen molar-refractivity contribution < 1.29 is 14.2 Å². The molecule has 1 rings (SSSR count). The summed E-state index contributed by atoms with van der Waals surface area (Å²) in [5, 5.41) is 9.80. The third-order valence-electron chi connectivity index (χ3n) is 2.61. The molecule has 0 unspecified atom stereocenters. The van der Waals surface area contributed by atoms with Crippen LogP contribution in [0.15, 0.2) is 18.2 Å². The van der Waals surface area contributed by atoms with Crippen LogP contribution in [0.4, 0.5) is 4.39 Å². The summed E-state index contributed by atoms with van der Waals surface area (Å²) in [6.45, 7) is 3.67. The Bertz CT molecular complexity index is 355. The van der Waals surface area contributed by atoms with E-state index in [2.05, 4.69) is 0 Å². The van der Waals surface area contributed by atoms with Crippen molar-refractivity contribution in [1.29, 1.82) is 0 Å². The SMILES string of the molecule is COc1ccc(F)c([C@@H](N)[C@@H](O)C(C)C)c1. The molecular weight excluding hydrogens is 209 g/mol. The van der Waals surface area contributed by atoms with Gasteiger partial charge in [-0.05, 0) is 24.1 Å². The maximum atomic E-state index is 13.5. The minimum atomic E-state index is -0.776. The molecule has 2 atom stereocenters. The molecule has 0 spiro atoms. The first-order valence-electron chi connectivity index (χ1n) is 5.24. The maximum Gasteiger partial charge on any atom is 0.128 e. The van der Waals surface area contributed by atoms with Gasteiger partial charge in [-0.15, -0.1) is 0 Å². The predicted molar refractivity (Wildman–Crippen MR) is 60.7 cm³/mol. The van der Waals surface area contributed by atoms with E-state index in [0.717, 1.165) is 0 Å². The molecule has 1 aromatic carbocycles. The van der Waals surface area contributed by atoms with E-state index in [9.17, 15) is 9.50 Å². The van der Waals surface area contributed by atoms with Gasteiger partial charge in [0.25, 0.3) is 0 Å². The molecule has 0 saturated heterocycles. The van der Waals surface area contributed by atoms with Crippen LogP contribution in [0.2, 0.25) is 0 Å². The number of hydrogen-bond donors (Lipinski definition) is 2. The smallest absolute Gasteiger partial charge is 0.128 e. The molecule has 0 aromatic heterocycles. The van der Waals surface area contributed by atoms with Gasteiger partial charge >= 0.3 is 0 Å². The van der Waals surface area contributed by atoms with Crippen molar-refractivity contribution >= 4 is 0 Å². The zero-order valence-electron chi connectivity index (χ0n) is 9.77. The lowest BCUT2D eigenvalue weighted by atomic mass is 9.94. The van der Waals surface area contributed by atoms with Crippen molar-refractivity contribution in [2.45, 2.75) is 26.0 Å². The van der Waals surface area contributed by atoms with Crippen molar-refractivity contribution in [2.24, 2.45) is 11.7 Å². The highest BCUT2D eigenvalue weighted by atomic mass is 19.1. The molecule has 4 heteroatoms. The summed E-state index contributed by atoms with van der Waals surface area (Å²) in [6, 6.07) is 3.59. The van der Waals surface area contributed by atoms with E-state index < -0.39 is 18.0 Å². The second-order valence-corrected chi connectivity index (χ2v) is 4.15. The van der Waals surface area contributed by atoms with Crippen molar-refractivity contribution in [3.05, 3.63) is 29.6 Å². The molecule has 16 heavy (non-hydrogen) atoms. The number of benzene rings is 1. The summed E-state index contributed by atoms with van der Waals surface area (Å²) >= 11 is 0. The monoisotopic (exact) mass is 227 g/mol. The van der Waals surface area contributed by atoms with Gasteiger partial charge < -0.3 is 15.6 Å². The summed E-state index contributed by atoms with van der Waals surface area (Å²) in [7, 11) is 1.50. The standard InChI is InChI=1S/C12H18FNO2/c1-7(2)12(15)11(14)9-6-8(16-3)4-5-10(9)13/h4-7,11-12,15H,14H2,1-3H3/t11-,12+/m1/s1. The minimum absolute atomic E-state index is 0.0272. The van der Waals surface area contributed by atoms with E-state index in [1.165, 1.54) is 25.3 Å². The van der Waals surface area contributed by atoms with Crippen LogP contribution in [0.3, 0.4) is 0 Å². The first-order valence-corrected chi connectivity index (χ1v) is 5.24. The van der Waals surface area contributed by atoms with E-state index in [1.807, 2.05) is 13.8 Å². The molecular formula is C12H18FNO2. The first-order chi connectivity index (χ1) is 7.47. The first kappa shape index (κ1) is 12.9. The lowest BCUT2D eigenvalue weighted by Crippen LogP contribution is -2.31. The second-order valence-electron chi connectivity index (χ2n) is 4.15. The Hall–Kier alpha value is -1.13. The van der Waals surface area contributed by atoms with Gasteiger partial charge in [-0.3, -0.25) is 0 Å². The van der Waals surface area contributed by atoms with Crippen molar-refractivity contribution in [1.82, 2.24) is 0 Å². The van der Waals surface area contributed by atoms with Crippen molar-refractivity contribution in [2.75, 3.05) is 7.11 Å². The quantitative estimate of drug-likeness (QED) is 0.825. The molecule has 0 aliphatic carbocycles. The van der Waals surface area contributed by atoms with Gasteiger partial charge in [0, 0.05) is 5.56 Å². The van der Waals surface area contributed by atoms with Crippen molar-refractivity contribution in [3.8, 4) is 5.75 Å². The topological polar surface area (TPSA) is 55.5 Å². The average molecular weight is 227 g/mol. The Morgan fingerprint density at radius 3 is 2.50 bits per heavy atom. The molecule has 0 radical (unpaired) electrons. The summed E-state index contributed by atoms with van der Waals surface area (Å²) in [5.74, 6) is 0.0800. The molecule has 90 valence electrons. The van der Waals surface area contributed by atoms with Crippen molar-refractivity contribution in [3.63, 3.8) is 0 Å². The molecule has 3 nitrogen and oxygen atoms in total. The number of aliphatic hydroxyl groups excluding tert-OH is 1. The van der Waals surface area contributed by atoms with E-state index >= 15 is 0 Å². The Labute approximate surface area is 95.0 Å². The Balaban J connectivity index is 3.02. The van der Waals surface area contributed by atoms with E-state index in [0.29, 0.717) is 5.75 Å². The molecule has 0 heterocycles. The largest absolute Gasteiger partial charge is 0.497 e. The van der Waals surface area contributed by atoms with Crippen LogP contribution in [0, 0.1) is 11.7 Å². The van der Waals surface area contributed by atoms with Crippen LogP contribution in [0.5, 0.6) is 5.75 Å². The lowest BCUT2D eigenvalue weighted by Gasteiger charge is -2.23. The highest BCUT2D eigenvalue weighted by molar-refractivity contribution is 5.32. The van der Waals surface area contributed by atoms with Gasteiger partial charge in [-0.1, -0.05) is 13.8 Å². The van der Waals surface area contributed by atoms with Crippen LogP contribution < -0.4 is 10.5 Å². The minimum Gasteiger partial charge on any atom is -0.497 e. The normalized spacial score (nSPS) is 14.9. The van der Waals surface area contributed by atoms with E-state index in [-0.39, 0.29) is 11.5 Å². The van der Waals surface area contributed by atoms with Crippen LogP contribution in [-0.4, -0.2) is 18.3 Å². The predicted octanol–water partition coefficient (Wildman–Crippen LogP) is 1.85. The third-order valence-corrected chi connectivity index (χ3v) is 2.61. The fraction of sp³-hybridized carbons (Fsp3) is 0.500. The summed E-state index contributed by atoms with van der Waals surface area (Å²) in [4.78, 5) is 0. The van der Waals surface area contributed by atoms with Crippen LogP contribution in [-0.2, 0) is 0 Å². The fourth-order valence-electron chi connectivity index (χ4n) is 1.50. The van der Waals surface area contributed by atoms with Gasteiger partial charge in [-0.2, -0.15) is 0 Å². The molecule has 0 fully saturated rings. The summed E-state index contributed by atoms with van der Waals surface area (Å²) in [5.41, 5.74) is 6.10. The zero-order chi connectivity index (χ0) is 12.3. The Morgan fingerprint density at radius 2 is 2.00 bits per heavy atom. The number of rotatable bonds is 4.